The molecule has 0 amide bonds. The van der Waals surface area contributed by atoms with Crippen LogP contribution in [0.15, 0.2) is 120 Å². The Hall–Kier alpha value is -4.16. The summed E-state index contributed by atoms with van der Waals surface area (Å²) in [6, 6.07) is 36.3. The lowest BCUT2D eigenvalue weighted by atomic mass is 9.57. The van der Waals surface area contributed by atoms with Gasteiger partial charge in [-0.05, 0) is 253 Å². The molecule has 0 heteroatoms. The summed E-state index contributed by atoms with van der Waals surface area (Å²) in [5.74, 6) is 6.97. The summed E-state index contributed by atoms with van der Waals surface area (Å²) in [4.78, 5) is 0. The van der Waals surface area contributed by atoms with E-state index in [9.17, 15) is 0 Å². The van der Waals surface area contributed by atoms with Gasteiger partial charge in [-0.15, -0.1) is 0 Å². The minimum Gasteiger partial charge on any atom is -0.0799 e. The first-order valence-electron chi connectivity index (χ1n) is 38.3. The molecule has 12 aliphatic rings. The highest BCUT2D eigenvalue weighted by molar-refractivity contribution is 5.76. The molecule has 0 heterocycles. The highest BCUT2D eigenvalue weighted by Crippen LogP contribution is 2.63. The molecule has 12 aliphatic carbocycles. The van der Waals surface area contributed by atoms with Gasteiger partial charge < -0.3 is 0 Å². The van der Waals surface area contributed by atoms with Crippen molar-refractivity contribution in [2.75, 3.05) is 0 Å². The summed E-state index contributed by atoms with van der Waals surface area (Å²) < 4.78 is 0. The average molecular weight is 1190 g/mol. The van der Waals surface area contributed by atoms with Crippen LogP contribution in [-0.2, 0) is 12.8 Å². The fourth-order valence-corrected chi connectivity index (χ4v) is 19.7. The Morgan fingerprint density at radius 3 is 1.02 bits per heavy atom. The van der Waals surface area contributed by atoms with Gasteiger partial charge in [-0.2, -0.15) is 0 Å². The molecule has 6 saturated carbocycles. The van der Waals surface area contributed by atoms with E-state index in [0.717, 1.165) is 47.3 Å². The SMILES string of the molecule is CC.CC.CC.CC.CC.CC.CC.CC.C[C@@]12CCC[C@H]1C1=C(CC2)c2ccccc2CC1.C[C@@]12CCC[C@H]1[C@@H]1C=Cc3ccccc3[C@H]1CC2.C[C@]12CCC[C@@H]1C1=C(CC2)c2ccccc2CC1.C[C@]12CCC[C@@H]1[C@H]1C=Cc3ccccc3[C@@H]1CC2. The predicted molar refractivity (Wildman–Crippen MR) is 396 cm³/mol. The van der Waals surface area contributed by atoms with Crippen molar-refractivity contribution in [3.63, 3.8) is 0 Å². The molecule has 12 atom stereocenters. The van der Waals surface area contributed by atoms with Gasteiger partial charge >= 0.3 is 0 Å². The average Bonchev–Trinajstić information content (AvgIpc) is 1.87. The van der Waals surface area contributed by atoms with E-state index in [-0.39, 0.29) is 0 Å². The monoisotopic (exact) mass is 1190 g/mol. The maximum absolute atomic E-state index is 2.55. The van der Waals surface area contributed by atoms with Crippen LogP contribution in [0.5, 0.6) is 0 Å². The Labute approximate surface area is 546 Å². The summed E-state index contributed by atoms with van der Waals surface area (Å²) in [6.45, 7) is 42.2. The standard InChI is InChI=1S/4C18H22.8C2H6/c4*1-18-11-4-7-17(18)16-9-8-13-5-2-3-6-14(13)15(16)10-12-18;8*1-2/h2*2-3,5-6,17H,4,7-12H2,1H3;2*2-3,5-6,8-9,15-17H,4,7,10-12H2,1H3;8*1-2H3/t2*17-,18-;2*15-,16-,17+,18+;;;;;;;;/m1010......../s1. The maximum Gasteiger partial charge on any atom is -0.00899 e. The largest absolute Gasteiger partial charge is 0.0799 e. The van der Waals surface area contributed by atoms with Crippen molar-refractivity contribution in [1.82, 2.24) is 0 Å². The van der Waals surface area contributed by atoms with Crippen molar-refractivity contribution in [1.29, 1.82) is 0 Å². The van der Waals surface area contributed by atoms with Crippen molar-refractivity contribution in [3.8, 4) is 0 Å². The van der Waals surface area contributed by atoms with Crippen molar-refractivity contribution < 1.29 is 0 Å². The summed E-state index contributed by atoms with van der Waals surface area (Å²) >= 11 is 0. The van der Waals surface area contributed by atoms with Crippen LogP contribution in [-0.4, -0.2) is 0 Å². The number of aryl methyl sites for hydroxylation is 2. The van der Waals surface area contributed by atoms with E-state index in [4.69, 9.17) is 0 Å². The first kappa shape index (κ1) is 74.6. The molecule has 0 radical (unpaired) electrons. The van der Waals surface area contributed by atoms with E-state index in [2.05, 4.69) is 149 Å². The predicted octanol–water partition coefficient (Wildman–Crippen LogP) is 28.2. The third kappa shape index (κ3) is 15.8. The minimum absolute atomic E-state index is 0.644. The van der Waals surface area contributed by atoms with Gasteiger partial charge in [0.2, 0.25) is 0 Å². The number of benzene rings is 4. The van der Waals surface area contributed by atoms with Crippen molar-refractivity contribution in [2.24, 2.45) is 57.2 Å². The van der Waals surface area contributed by atoms with Crippen LogP contribution in [0.1, 0.15) is 336 Å². The second kappa shape index (κ2) is 36.2. The van der Waals surface area contributed by atoms with E-state index in [1.54, 1.807) is 44.5 Å². The molecule has 488 valence electrons. The Morgan fingerprint density at radius 1 is 0.307 bits per heavy atom. The zero-order valence-electron chi connectivity index (χ0n) is 61.1. The van der Waals surface area contributed by atoms with Gasteiger partial charge in [-0.3, -0.25) is 0 Å². The van der Waals surface area contributed by atoms with E-state index >= 15 is 0 Å². The topological polar surface area (TPSA) is 0 Å². The highest BCUT2D eigenvalue weighted by atomic mass is 14.6. The lowest BCUT2D eigenvalue weighted by molar-refractivity contribution is 0.0946. The third-order valence-corrected chi connectivity index (χ3v) is 23.7. The van der Waals surface area contributed by atoms with Crippen LogP contribution in [0, 0.1) is 57.2 Å². The molecule has 0 nitrogen and oxygen atoms in total. The molecule has 16 rings (SSSR count). The lowest BCUT2D eigenvalue weighted by Crippen LogP contribution is -2.37. The first-order chi connectivity index (χ1) is 43.1. The van der Waals surface area contributed by atoms with Crippen LogP contribution in [0.4, 0.5) is 0 Å². The second-order valence-corrected chi connectivity index (χ2v) is 27.2. The second-order valence-electron chi connectivity index (χ2n) is 27.2. The summed E-state index contributed by atoms with van der Waals surface area (Å²) in [5.41, 5.74) is 22.3. The van der Waals surface area contributed by atoms with Gasteiger partial charge in [0.15, 0.2) is 0 Å². The Balaban J connectivity index is 0.000000198. The van der Waals surface area contributed by atoms with Crippen LogP contribution in [0.3, 0.4) is 0 Å². The first-order valence-corrected chi connectivity index (χ1v) is 38.3. The molecule has 88 heavy (non-hydrogen) atoms. The van der Waals surface area contributed by atoms with E-state index in [1.165, 1.54) is 165 Å². The molecule has 0 aromatic heterocycles. The summed E-state index contributed by atoms with van der Waals surface area (Å²) in [5, 5.41) is 0. The summed E-state index contributed by atoms with van der Waals surface area (Å²) in [6.07, 6.45) is 43.8. The van der Waals surface area contributed by atoms with Gasteiger partial charge in [-0.1, -0.05) is 297 Å². The van der Waals surface area contributed by atoms with Crippen molar-refractivity contribution in [3.05, 3.63) is 165 Å². The Kier molecular flexibility index (Phi) is 30.7. The van der Waals surface area contributed by atoms with E-state index < -0.39 is 0 Å². The molecule has 0 spiro atoms. The lowest BCUT2D eigenvalue weighted by Gasteiger charge is -2.47. The molecule has 0 bridgehead atoms. The van der Waals surface area contributed by atoms with Crippen molar-refractivity contribution in [2.45, 2.75) is 304 Å². The van der Waals surface area contributed by atoms with E-state index in [1.807, 2.05) is 122 Å². The molecule has 0 aliphatic heterocycles. The number of rotatable bonds is 0. The quantitative estimate of drug-likeness (QED) is 0.165. The normalized spacial score (nSPS) is 31.2. The fraction of sp³-hybridized carbons (Fsp3) is 0.636. The smallest absolute Gasteiger partial charge is 0.00899 e. The van der Waals surface area contributed by atoms with E-state index in [0.29, 0.717) is 21.7 Å². The number of hydrogen-bond acceptors (Lipinski definition) is 0. The fourth-order valence-electron chi connectivity index (χ4n) is 19.7. The zero-order chi connectivity index (χ0) is 64.7. The molecule has 6 fully saturated rings. The van der Waals surface area contributed by atoms with Crippen LogP contribution >= 0.6 is 0 Å². The molecule has 0 N–H and O–H groups in total. The maximum atomic E-state index is 2.55. The van der Waals surface area contributed by atoms with Gasteiger partial charge in [0.25, 0.3) is 0 Å². The minimum atomic E-state index is 0.644. The summed E-state index contributed by atoms with van der Waals surface area (Å²) in [7, 11) is 0. The molecule has 4 aromatic carbocycles. The molecular formula is C88H136. The highest BCUT2D eigenvalue weighted by Gasteiger charge is 2.51. The molecule has 0 unspecified atom stereocenters. The van der Waals surface area contributed by atoms with Gasteiger partial charge in [0, 0.05) is 0 Å². The van der Waals surface area contributed by atoms with Gasteiger partial charge in [-0.25, -0.2) is 0 Å². The Bertz CT molecular complexity index is 2620. The number of hydrogen-bond donors (Lipinski definition) is 0. The molecular weight excluding hydrogens is 1060 g/mol. The van der Waals surface area contributed by atoms with Gasteiger partial charge in [0.05, 0.1) is 0 Å². The number of allylic oxidation sites excluding steroid dienone is 6. The molecule has 4 aromatic rings. The van der Waals surface area contributed by atoms with Gasteiger partial charge in [0.1, 0.15) is 0 Å². The van der Waals surface area contributed by atoms with Crippen LogP contribution in [0.2, 0.25) is 0 Å². The van der Waals surface area contributed by atoms with Crippen molar-refractivity contribution >= 4 is 23.3 Å². The number of fused-ring (bicyclic) bond motifs is 18. The Morgan fingerprint density at radius 2 is 0.636 bits per heavy atom. The third-order valence-electron chi connectivity index (χ3n) is 23.7. The van der Waals surface area contributed by atoms with Crippen LogP contribution < -0.4 is 0 Å². The van der Waals surface area contributed by atoms with Crippen LogP contribution in [0.25, 0.3) is 23.3 Å². The molecule has 0 saturated heterocycles. The zero-order valence-corrected chi connectivity index (χ0v) is 61.1.